The first kappa shape index (κ1) is 16.7. The second-order valence-electron chi connectivity index (χ2n) is 5.19. The molecule has 2 aromatic carbocycles. The summed E-state index contributed by atoms with van der Waals surface area (Å²) in [6.45, 7) is 1.94. The van der Waals surface area contributed by atoms with Gasteiger partial charge in [-0.3, -0.25) is 4.79 Å². The van der Waals surface area contributed by atoms with Gasteiger partial charge in [0.1, 0.15) is 0 Å². The number of halogens is 1. The lowest BCUT2D eigenvalue weighted by Crippen LogP contribution is -2.12. The van der Waals surface area contributed by atoms with E-state index in [2.05, 4.69) is 21.2 Å². The molecule has 1 N–H and O–H groups in total. The van der Waals surface area contributed by atoms with Gasteiger partial charge in [0.05, 0.1) is 5.75 Å². The van der Waals surface area contributed by atoms with E-state index in [0.717, 1.165) is 10.0 Å². The number of carbonyl (C=O) groups excluding carboxylic acids is 1. The maximum Gasteiger partial charge on any atom is 0.255 e. The Hall–Kier alpha value is -1.66. The van der Waals surface area contributed by atoms with E-state index in [1.165, 1.54) is 6.26 Å². The van der Waals surface area contributed by atoms with Gasteiger partial charge in [0.15, 0.2) is 9.84 Å². The molecule has 0 aromatic heterocycles. The predicted molar refractivity (Wildman–Crippen MR) is 91.8 cm³/mol. The fourth-order valence-corrected chi connectivity index (χ4v) is 3.03. The molecule has 2 aromatic rings. The van der Waals surface area contributed by atoms with Crippen LogP contribution in [0.5, 0.6) is 0 Å². The van der Waals surface area contributed by atoms with E-state index < -0.39 is 9.84 Å². The standard InChI is InChI=1S/C16H16BrNO3S/c1-11-9-14(7-8-15(11)17)18-16(19)13-5-3-12(4-6-13)10-22(2,20)21/h3-9H,10H2,1-2H3,(H,18,19). The molecule has 0 radical (unpaired) electrons. The van der Waals surface area contributed by atoms with E-state index in [4.69, 9.17) is 0 Å². The summed E-state index contributed by atoms with van der Waals surface area (Å²) in [6, 6.07) is 12.1. The summed E-state index contributed by atoms with van der Waals surface area (Å²) in [5.74, 6) is -0.256. The van der Waals surface area contributed by atoms with Gasteiger partial charge in [0, 0.05) is 22.0 Å². The van der Waals surface area contributed by atoms with Crippen molar-refractivity contribution in [3.8, 4) is 0 Å². The molecule has 0 fully saturated rings. The lowest BCUT2D eigenvalue weighted by molar-refractivity contribution is 0.102. The Balaban J connectivity index is 2.11. The highest BCUT2D eigenvalue weighted by molar-refractivity contribution is 9.10. The summed E-state index contributed by atoms with van der Waals surface area (Å²) in [4.78, 5) is 12.2. The molecule has 0 unspecified atom stereocenters. The van der Waals surface area contributed by atoms with Crippen LogP contribution in [0.2, 0.25) is 0 Å². The molecule has 4 nitrogen and oxygen atoms in total. The molecular formula is C16H16BrNO3S. The van der Waals surface area contributed by atoms with Crippen molar-refractivity contribution in [3.63, 3.8) is 0 Å². The molecular weight excluding hydrogens is 366 g/mol. The first-order chi connectivity index (χ1) is 10.2. The van der Waals surface area contributed by atoms with Gasteiger partial charge in [0.2, 0.25) is 0 Å². The minimum absolute atomic E-state index is 0.0270. The summed E-state index contributed by atoms with van der Waals surface area (Å²) in [6.07, 6.45) is 1.18. The molecule has 6 heteroatoms. The minimum Gasteiger partial charge on any atom is -0.322 e. The van der Waals surface area contributed by atoms with Crippen molar-refractivity contribution >= 4 is 37.4 Å². The van der Waals surface area contributed by atoms with E-state index in [0.29, 0.717) is 16.8 Å². The molecule has 116 valence electrons. The number of hydrogen-bond acceptors (Lipinski definition) is 3. The lowest BCUT2D eigenvalue weighted by atomic mass is 10.1. The summed E-state index contributed by atoms with van der Waals surface area (Å²) in [7, 11) is -3.07. The topological polar surface area (TPSA) is 63.2 Å². The largest absolute Gasteiger partial charge is 0.322 e. The van der Waals surface area contributed by atoms with Crippen LogP contribution in [0.15, 0.2) is 46.9 Å². The van der Waals surface area contributed by atoms with Crippen LogP contribution in [0.25, 0.3) is 0 Å². The van der Waals surface area contributed by atoms with E-state index in [1.807, 2.05) is 25.1 Å². The summed E-state index contributed by atoms with van der Waals surface area (Å²) < 4.78 is 23.5. The molecule has 0 aliphatic heterocycles. The van der Waals surface area contributed by atoms with Crippen LogP contribution in [-0.4, -0.2) is 20.6 Å². The second-order valence-corrected chi connectivity index (χ2v) is 8.18. The number of rotatable bonds is 4. The smallest absolute Gasteiger partial charge is 0.255 e. The average molecular weight is 382 g/mol. The Bertz CT molecular complexity index is 799. The van der Waals surface area contributed by atoms with Crippen LogP contribution in [-0.2, 0) is 15.6 Å². The first-order valence-electron chi connectivity index (χ1n) is 6.59. The highest BCUT2D eigenvalue weighted by Crippen LogP contribution is 2.20. The molecule has 0 saturated heterocycles. The number of benzene rings is 2. The summed E-state index contributed by atoms with van der Waals surface area (Å²) >= 11 is 3.41. The van der Waals surface area contributed by atoms with Gasteiger partial charge in [-0.05, 0) is 48.4 Å². The monoisotopic (exact) mass is 381 g/mol. The number of anilines is 1. The number of carbonyl (C=O) groups is 1. The van der Waals surface area contributed by atoms with E-state index >= 15 is 0 Å². The molecule has 0 bridgehead atoms. The number of amides is 1. The lowest BCUT2D eigenvalue weighted by Gasteiger charge is -2.08. The zero-order valence-corrected chi connectivity index (χ0v) is 14.7. The zero-order valence-electron chi connectivity index (χ0n) is 12.3. The third kappa shape index (κ3) is 4.68. The molecule has 0 aliphatic rings. The molecule has 0 heterocycles. The van der Waals surface area contributed by atoms with Crippen LogP contribution >= 0.6 is 15.9 Å². The van der Waals surface area contributed by atoms with Crippen molar-refractivity contribution in [2.45, 2.75) is 12.7 Å². The number of sulfone groups is 1. The normalized spacial score (nSPS) is 11.2. The van der Waals surface area contributed by atoms with Crippen LogP contribution in [0.3, 0.4) is 0 Å². The Morgan fingerprint density at radius 1 is 1.14 bits per heavy atom. The van der Waals surface area contributed by atoms with Crippen molar-refractivity contribution in [1.29, 1.82) is 0 Å². The van der Waals surface area contributed by atoms with Crippen molar-refractivity contribution in [2.24, 2.45) is 0 Å². The van der Waals surface area contributed by atoms with Gasteiger partial charge in [-0.2, -0.15) is 0 Å². The zero-order chi connectivity index (χ0) is 16.3. The fourth-order valence-electron chi connectivity index (χ4n) is 1.98. The van der Waals surface area contributed by atoms with E-state index in [9.17, 15) is 13.2 Å². The molecule has 0 atom stereocenters. The Kier molecular flexibility index (Phi) is 5.03. The third-order valence-electron chi connectivity index (χ3n) is 3.06. The Labute approximate surface area is 138 Å². The Morgan fingerprint density at radius 2 is 1.77 bits per heavy atom. The highest BCUT2D eigenvalue weighted by atomic mass is 79.9. The molecule has 0 saturated carbocycles. The van der Waals surface area contributed by atoms with Gasteiger partial charge in [0.25, 0.3) is 5.91 Å². The second kappa shape index (κ2) is 6.62. The molecule has 0 aliphatic carbocycles. The first-order valence-corrected chi connectivity index (χ1v) is 9.44. The third-order valence-corrected chi connectivity index (χ3v) is 4.81. The molecule has 0 spiro atoms. The fraction of sp³-hybridized carbons (Fsp3) is 0.188. The predicted octanol–water partition coefficient (Wildman–Crippen LogP) is 3.55. The van der Waals surface area contributed by atoms with Crippen LogP contribution in [0.4, 0.5) is 5.69 Å². The molecule has 2 rings (SSSR count). The molecule has 1 amide bonds. The van der Waals surface area contributed by atoms with Gasteiger partial charge in [-0.25, -0.2) is 8.42 Å². The highest BCUT2D eigenvalue weighted by Gasteiger charge is 2.09. The van der Waals surface area contributed by atoms with Gasteiger partial charge in [-0.15, -0.1) is 0 Å². The number of nitrogens with one attached hydrogen (secondary N) is 1. The quantitative estimate of drug-likeness (QED) is 0.880. The minimum atomic E-state index is -3.07. The summed E-state index contributed by atoms with van der Waals surface area (Å²) in [5, 5.41) is 2.82. The summed E-state index contributed by atoms with van der Waals surface area (Å²) in [5.41, 5.74) is 2.89. The van der Waals surface area contributed by atoms with Crippen LogP contribution < -0.4 is 5.32 Å². The van der Waals surface area contributed by atoms with Gasteiger partial charge >= 0.3 is 0 Å². The SMILES string of the molecule is Cc1cc(NC(=O)c2ccc(CS(C)(=O)=O)cc2)ccc1Br. The maximum absolute atomic E-state index is 12.2. The van der Waals surface area contributed by atoms with Crippen molar-refractivity contribution in [2.75, 3.05) is 11.6 Å². The molecule has 22 heavy (non-hydrogen) atoms. The van der Waals surface area contributed by atoms with E-state index in [1.54, 1.807) is 24.3 Å². The van der Waals surface area contributed by atoms with Gasteiger partial charge in [-0.1, -0.05) is 28.1 Å². The van der Waals surface area contributed by atoms with Crippen molar-refractivity contribution < 1.29 is 13.2 Å². The maximum atomic E-state index is 12.2. The average Bonchev–Trinajstić information content (AvgIpc) is 2.42. The Morgan fingerprint density at radius 3 is 2.32 bits per heavy atom. The van der Waals surface area contributed by atoms with Crippen molar-refractivity contribution in [1.82, 2.24) is 0 Å². The van der Waals surface area contributed by atoms with Crippen molar-refractivity contribution in [3.05, 3.63) is 63.6 Å². The number of hydrogen-bond donors (Lipinski definition) is 1. The van der Waals surface area contributed by atoms with E-state index in [-0.39, 0.29) is 11.7 Å². The van der Waals surface area contributed by atoms with Crippen LogP contribution in [0.1, 0.15) is 21.5 Å². The number of aryl methyl sites for hydroxylation is 1. The van der Waals surface area contributed by atoms with Crippen LogP contribution in [0, 0.1) is 6.92 Å². The van der Waals surface area contributed by atoms with Gasteiger partial charge < -0.3 is 5.32 Å².